The summed E-state index contributed by atoms with van der Waals surface area (Å²) in [6, 6.07) is 6.18. The number of H-pyrrole nitrogens is 1. The maximum atomic E-state index is 6.23. The van der Waals surface area contributed by atoms with E-state index in [-0.39, 0.29) is 6.04 Å². The molecule has 0 radical (unpaired) electrons. The number of nitrogens with one attached hydrogen (secondary N) is 1. The van der Waals surface area contributed by atoms with Crippen LogP contribution in [0.1, 0.15) is 12.5 Å². The lowest BCUT2D eigenvalue weighted by molar-refractivity contribution is 0.737. The first-order valence-electron chi connectivity index (χ1n) is 5.36. The van der Waals surface area contributed by atoms with Crippen LogP contribution in [0.15, 0.2) is 40.6 Å². The first-order valence-corrected chi connectivity index (χ1v) is 6.56. The van der Waals surface area contributed by atoms with Gasteiger partial charge >= 0.3 is 0 Å². The molecular formula is C12H14ClN3S. The van der Waals surface area contributed by atoms with E-state index in [2.05, 4.69) is 16.0 Å². The largest absolute Gasteiger partial charge is 0.339 e. The molecule has 1 heterocycles. The van der Waals surface area contributed by atoms with Gasteiger partial charge in [-0.05, 0) is 31.0 Å². The van der Waals surface area contributed by atoms with E-state index >= 15 is 0 Å². The van der Waals surface area contributed by atoms with Crippen LogP contribution in [0.25, 0.3) is 0 Å². The van der Waals surface area contributed by atoms with E-state index in [0.717, 1.165) is 27.1 Å². The Morgan fingerprint density at radius 2 is 2.35 bits per heavy atom. The molecule has 0 fully saturated rings. The molecule has 17 heavy (non-hydrogen) atoms. The number of aromatic nitrogens is 2. The number of rotatable bonds is 4. The Balaban J connectivity index is 2.14. The van der Waals surface area contributed by atoms with Crippen LogP contribution in [0.3, 0.4) is 0 Å². The second-order valence-electron chi connectivity index (χ2n) is 3.94. The third-order valence-electron chi connectivity index (χ3n) is 2.23. The minimum atomic E-state index is 0.148. The van der Waals surface area contributed by atoms with Crippen molar-refractivity contribution in [2.45, 2.75) is 29.4 Å². The normalized spacial score (nSPS) is 12.6. The molecule has 0 aliphatic rings. The fourth-order valence-electron chi connectivity index (χ4n) is 1.54. The molecule has 1 unspecified atom stereocenters. The number of hydrogen-bond acceptors (Lipinski definition) is 3. The van der Waals surface area contributed by atoms with Crippen LogP contribution in [0, 0.1) is 0 Å². The standard InChI is InChI=1S/C12H14ClN3S/c1-8(14)6-9-2-3-11(10(13)7-9)17-12-15-4-5-16-12/h2-5,7-8H,6,14H2,1H3,(H,15,16). The molecule has 2 aromatic rings. The molecular weight excluding hydrogens is 254 g/mol. The molecule has 0 aliphatic carbocycles. The van der Waals surface area contributed by atoms with Crippen LogP contribution in [-0.4, -0.2) is 16.0 Å². The molecule has 0 amide bonds. The second kappa shape index (κ2) is 5.58. The minimum absolute atomic E-state index is 0.148. The van der Waals surface area contributed by atoms with Gasteiger partial charge in [0.15, 0.2) is 5.16 Å². The van der Waals surface area contributed by atoms with E-state index in [1.807, 2.05) is 19.1 Å². The molecule has 0 spiro atoms. The molecule has 2 rings (SSSR count). The lowest BCUT2D eigenvalue weighted by Crippen LogP contribution is -2.17. The number of nitrogens with two attached hydrogens (primary N) is 1. The van der Waals surface area contributed by atoms with E-state index in [4.69, 9.17) is 17.3 Å². The first-order chi connectivity index (χ1) is 8.15. The average Bonchev–Trinajstić information content (AvgIpc) is 2.74. The maximum Gasteiger partial charge on any atom is 0.170 e. The van der Waals surface area contributed by atoms with Crippen molar-refractivity contribution in [3.05, 3.63) is 41.2 Å². The molecule has 1 aromatic carbocycles. The van der Waals surface area contributed by atoms with Crippen LogP contribution >= 0.6 is 23.4 Å². The van der Waals surface area contributed by atoms with Gasteiger partial charge in [-0.15, -0.1) is 0 Å². The highest BCUT2D eigenvalue weighted by molar-refractivity contribution is 7.99. The Hall–Kier alpha value is -0.970. The highest BCUT2D eigenvalue weighted by Crippen LogP contribution is 2.31. The summed E-state index contributed by atoms with van der Waals surface area (Å²) in [5.74, 6) is 0. The molecule has 90 valence electrons. The number of imidazole rings is 1. The van der Waals surface area contributed by atoms with Crippen molar-refractivity contribution >= 4 is 23.4 Å². The van der Waals surface area contributed by atoms with Crippen LogP contribution < -0.4 is 5.73 Å². The Morgan fingerprint density at radius 3 is 2.94 bits per heavy atom. The first kappa shape index (κ1) is 12.5. The number of aromatic amines is 1. The summed E-state index contributed by atoms with van der Waals surface area (Å²) < 4.78 is 0. The van der Waals surface area contributed by atoms with Crippen molar-refractivity contribution in [3.63, 3.8) is 0 Å². The van der Waals surface area contributed by atoms with Gasteiger partial charge < -0.3 is 10.7 Å². The summed E-state index contributed by atoms with van der Waals surface area (Å²) in [7, 11) is 0. The van der Waals surface area contributed by atoms with Gasteiger partial charge in [-0.25, -0.2) is 4.98 Å². The summed E-state index contributed by atoms with van der Waals surface area (Å²) in [6.45, 7) is 1.99. The fourth-order valence-corrected chi connectivity index (χ4v) is 2.60. The number of benzene rings is 1. The topological polar surface area (TPSA) is 54.7 Å². The summed E-state index contributed by atoms with van der Waals surface area (Å²) >= 11 is 7.75. The highest BCUT2D eigenvalue weighted by atomic mass is 35.5. The Morgan fingerprint density at radius 1 is 1.53 bits per heavy atom. The van der Waals surface area contributed by atoms with Gasteiger partial charge in [-0.1, -0.05) is 29.4 Å². The lowest BCUT2D eigenvalue weighted by Gasteiger charge is -2.07. The van der Waals surface area contributed by atoms with E-state index in [1.54, 1.807) is 12.4 Å². The summed E-state index contributed by atoms with van der Waals surface area (Å²) in [4.78, 5) is 8.18. The third-order valence-corrected chi connectivity index (χ3v) is 3.65. The quantitative estimate of drug-likeness (QED) is 0.895. The monoisotopic (exact) mass is 267 g/mol. The Kier molecular flexibility index (Phi) is 4.10. The molecule has 0 saturated carbocycles. The number of nitrogens with zero attached hydrogens (tertiary/aromatic N) is 1. The summed E-state index contributed by atoms with van der Waals surface area (Å²) in [5, 5.41) is 1.58. The second-order valence-corrected chi connectivity index (χ2v) is 5.38. The molecule has 3 nitrogen and oxygen atoms in total. The van der Waals surface area contributed by atoms with Crippen LogP contribution in [-0.2, 0) is 6.42 Å². The molecule has 0 bridgehead atoms. The van der Waals surface area contributed by atoms with Crippen molar-refractivity contribution < 1.29 is 0 Å². The van der Waals surface area contributed by atoms with Crippen molar-refractivity contribution in [2.24, 2.45) is 5.73 Å². The van der Waals surface area contributed by atoms with E-state index in [9.17, 15) is 0 Å². The summed E-state index contributed by atoms with van der Waals surface area (Å²) in [6.07, 6.45) is 4.35. The van der Waals surface area contributed by atoms with Gasteiger partial charge in [-0.3, -0.25) is 0 Å². The number of halogens is 1. The van der Waals surface area contributed by atoms with Gasteiger partial charge in [0.1, 0.15) is 0 Å². The SMILES string of the molecule is CC(N)Cc1ccc(Sc2ncc[nH]2)c(Cl)c1. The number of hydrogen-bond donors (Lipinski definition) is 2. The lowest BCUT2D eigenvalue weighted by atomic mass is 10.1. The Labute approximate surface area is 110 Å². The van der Waals surface area contributed by atoms with Crippen molar-refractivity contribution in [1.82, 2.24) is 9.97 Å². The molecule has 5 heteroatoms. The van der Waals surface area contributed by atoms with Crippen LogP contribution in [0.4, 0.5) is 0 Å². The zero-order valence-electron chi connectivity index (χ0n) is 9.48. The zero-order valence-corrected chi connectivity index (χ0v) is 11.1. The third kappa shape index (κ3) is 3.49. The Bertz CT molecular complexity index is 483. The van der Waals surface area contributed by atoms with Crippen molar-refractivity contribution in [1.29, 1.82) is 0 Å². The smallest absolute Gasteiger partial charge is 0.170 e. The van der Waals surface area contributed by atoms with Gasteiger partial charge in [-0.2, -0.15) is 0 Å². The zero-order chi connectivity index (χ0) is 12.3. The average molecular weight is 268 g/mol. The van der Waals surface area contributed by atoms with Gasteiger partial charge in [0.25, 0.3) is 0 Å². The van der Waals surface area contributed by atoms with E-state index in [0.29, 0.717) is 0 Å². The van der Waals surface area contributed by atoms with Crippen molar-refractivity contribution in [2.75, 3.05) is 0 Å². The van der Waals surface area contributed by atoms with E-state index in [1.165, 1.54) is 11.8 Å². The molecule has 0 aliphatic heterocycles. The van der Waals surface area contributed by atoms with Gasteiger partial charge in [0.2, 0.25) is 0 Å². The molecule has 0 saturated heterocycles. The van der Waals surface area contributed by atoms with Crippen LogP contribution in [0.2, 0.25) is 5.02 Å². The molecule has 1 atom stereocenters. The van der Waals surface area contributed by atoms with Crippen molar-refractivity contribution in [3.8, 4) is 0 Å². The highest BCUT2D eigenvalue weighted by Gasteiger charge is 2.06. The fraction of sp³-hybridized carbons (Fsp3) is 0.250. The van der Waals surface area contributed by atoms with Crippen LogP contribution in [0.5, 0.6) is 0 Å². The summed E-state index contributed by atoms with van der Waals surface area (Å²) in [5.41, 5.74) is 6.92. The predicted molar refractivity (Wildman–Crippen MR) is 71.5 cm³/mol. The predicted octanol–water partition coefficient (Wildman–Crippen LogP) is 3.10. The van der Waals surface area contributed by atoms with Gasteiger partial charge in [0.05, 0.1) is 5.02 Å². The van der Waals surface area contributed by atoms with E-state index < -0.39 is 0 Å². The van der Waals surface area contributed by atoms with Gasteiger partial charge in [0, 0.05) is 23.3 Å². The minimum Gasteiger partial charge on any atom is -0.339 e. The molecule has 1 aromatic heterocycles. The maximum absolute atomic E-state index is 6.23. The molecule has 3 N–H and O–H groups in total.